The zero-order valence-electron chi connectivity index (χ0n) is 10.3. The van der Waals surface area contributed by atoms with Crippen molar-refractivity contribution in [2.75, 3.05) is 13.2 Å². The molecule has 1 aromatic carbocycles. The van der Waals surface area contributed by atoms with Crippen LogP contribution in [0.2, 0.25) is 0 Å². The first-order valence-corrected chi connectivity index (χ1v) is 5.41. The first-order chi connectivity index (χ1) is 7.54. The van der Waals surface area contributed by atoms with E-state index in [1.807, 2.05) is 32.9 Å². The molecule has 0 fully saturated rings. The van der Waals surface area contributed by atoms with E-state index in [9.17, 15) is 4.79 Å². The highest BCUT2D eigenvalue weighted by atomic mass is 16.6. The zero-order valence-corrected chi connectivity index (χ0v) is 10.3. The summed E-state index contributed by atoms with van der Waals surface area (Å²) >= 11 is 0. The third kappa shape index (κ3) is 3.26. The quantitative estimate of drug-likeness (QED) is 0.734. The van der Waals surface area contributed by atoms with Crippen LogP contribution in [0.3, 0.4) is 0 Å². The molecule has 0 atom stereocenters. The number of hydrogen-bond acceptors (Lipinski definition) is 3. The molecule has 0 unspecified atom stereocenters. The topological polar surface area (TPSA) is 35.5 Å². The molecule has 16 heavy (non-hydrogen) atoms. The Hall–Kier alpha value is -1.51. The SMILES string of the molecule is CCOC(=O)COc1c(C)cc(C)cc1C. The van der Waals surface area contributed by atoms with Gasteiger partial charge in [-0.3, -0.25) is 0 Å². The number of esters is 1. The largest absolute Gasteiger partial charge is 0.481 e. The molecule has 0 amide bonds. The van der Waals surface area contributed by atoms with Gasteiger partial charge in [0.1, 0.15) is 5.75 Å². The summed E-state index contributed by atoms with van der Waals surface area (Å²) in [6.07, 6.45) is 0. The molecule has 0 aliphatic carbocycles. The zero-order chi connectivity index (χ0) is 12.1. The van der Waals surface area contributed by atoms with Crippen LogP contribution in [0, 0.1) is 20.8 Å². The van der Waals surface area contributed by atoms with E-state index >= 15 is 0 Å². The van der Waals surface area contributed by atoms with Gasteiger partial charge in [-0.15, -0.1) is 0 Å². The fourth-order valence-electron chi connectivity index (χ4n) is 1.73. The van der Waals surface area contributed by atoms with Gasteiger partial charge >= 0.3 is 5.97 Å². The van der Waals surface area contributed by atoms with Gasteiger partial charge in [0.15, 0.2) is 6.61 Å². The average molecular weight is 222 g/mol. The highest BCUT2D eigenvalue weighted by Crippen LogP contribution is 2.24. The molecule has 88 valence electrons. The summed E-state index contributed by atoms with van der Waals surface area (Å²) in [6.45, 7) is 8.11. The van der Waals surface area contributed by atoms with Crippen LogP contribution in [0.25, 0.3) is 0 Å². The van der Waals surface area contributed by atoms with E-state index in [0.29, 0.717) is 6.61 Å². The van der Waals surface area contributed by atoms with Crippen molar-refractivity contribution in [1.82, 2.24) is 0 Å². The summed E-state index contributed by atoms with van der Waals surface area (Å²) in [5.74, 6) is 0.445. The summed E-state index contributed by atoms with van der Waals surface area (Å²) in [5, 5.41) is 0. The standard InChI is InChI=1S/C13H18O3/c1-5-15-12(14)8-16-13-10(3)6-9(2)7-11(13)4/h6-7H,5,8H2,1-4H3. The first-order valence-electron chi connectivity index (χ1n) is 5.41. The van der Waals surface area contributed by atoms with Crippen molar-refractivity contribution in [2.45, 2.75) is 27.7 Å². The van der Waals surface area contributed by atoms with E-state index in [0.717, 1.165) is 16.9 Å². The molecule has 0 aromatic heterocycles. The third-order valence-corrected chi connectivity index (χ3v) is 2.24. The van der Waals surface area contributed by atoms with Gasteiger partial charge in [0.2, 0.25) is 0 Å². The Kier molecular flexibility index (Phi) is 4.35. The van der Waals surface area contributed by atoms with E-state index in [2.05, 4.69) is 0 Å². The number of carbonyl (C=O) groups is 1. The number of aryl methyl sites for hydroxylation is 3. The predicted molar refractivity (Wildman–Crippen MR) is 62.8 cm³/mol. The second kappa shape index (κ2) is 5.54. The third-order valence-electron chi connectivity index (χ3n) is 2.24. The van der Waals surface area contributed by atoms with Crippen molar-refractivity contribution in [3.8, 4) is 5.75 Å². The maximum Gasteiger partial charge on any atom is 0.344 e. The van der Waals surface area contributed by atoms with Gasteiger partial charge in [0.05, 0.1) is 6.61 Å². The molecule has 0 aliphatic heterocycles. The molecule has 0 aliphatic rings. The van der Waals surface area contributed by atoms with Crippen LogP contribution in [-0.2, 0) is 9.53 Å². The van der Waals surface area contributed by atoms with Crippen molar-refractivity contribution in [2.24, 2.45) is 0 Å². The lowest BCUT2D eigenvalue weighted by Crippen LogP contribution is -2.15. The molecule has 1 aromatic rings. The van der Waals surface area contributed by atoms with Crippen molar-refractivity contribution in [3.63, 3.8) is 0 Å². The summed E-state index contributed by atoms with van der Waals surface area (Å²) in [5.41, 5.74) is 3.28. The fourth-order valence-corrected chi connectivity index (χ4v) is 1.73. The summed E-state index contributed by atoms with van der Waals surface area (Å²) in [7, 11) is 0. The molecule has 0 radical (unpaired) electrons. The smallest absolute Gasteiger partial charge is 0.344 e. The Balaban J connectivity index is 2.70. The van der Waals surface area contributed by atoms with Crippen LogP contribution in [0.5, 0.6) is 5.75 Å². The van der Waals surface area contributed by atoms with Crippen molar-refractivity contribution in [1.29, 1.82) is 0 Å². The van der Waals surface area contributed by atoms with Gasteiger partial charge < -0.3 is 9.47 Å². The van der Waals surface area contributed by atoms with Gasteiger partial charge in [-0.1, -0.05) is 17.7 Å². The van der Waals surface area contributed by atoms with Crippen molar-refractivity contribution in [3.05, 3.63) is 28.8 Å². The van der Waals surface area contributed by atoms with Crippen LogP contribution in [-0.4, -0.2) is 19.2 Å². The highest BCUT2D eigenvalue weighted by Gasteiger charge is 2.08. The van der Waals surface area contributed by atoms with Gasteiger partial charge in [0.25, 0.3) is 0 Å². The number of benzene rings is 1. The van der Waals surface area contributed by atoms with Gasteiger partial charge in [0, 0.05) is 0 Å². The molecule has 0 spiro atoms. The van der Waals surface area contributed by atoms with Crippen molar-refractivity contribution < 1.29 is 14.3 Å². The van der Waals surface area contributed by atoms with Crippen molar-refractivity contribution >= 4 is 5.97 Å². The van der Waals surface area contributed by atoms with Crippen LogP contribution < -0.4 is 4.74 Å². The van der Waals surface area contributed by atoms with Crippen LogP contribution in [0.15, 0.2) is 12.1 Å². The molecular weight excluding hydrogens is 204 g/mol. The monoisotopic (exact) mass is 222 g/mol. The molecule has 3 heteroatoms. The highest BCUT2D eigenvalue weighted by molar-refractivity contribution is 5.71. The minimum Gasteiger partial charge on any atom is -0.481 e. The molecule has 1 rings (SSSR count). The summed E-state index contributed by atoms with van der Waals surface area (Å²) < 4.78 is 10.3. The minimum atomic E-state index is -0.332. The Morgan fingerprint density at radius 2 is 1.75 bits per heavy atom. The van der Waals surface area contributed by atoms with Crippen LogP contribution >= 0.6 is 0 Å². The maximum atomic E-state index is 11.2. The molecule has 3 nitrogen and oxygen atoms in total. The van der Waals surface area contributed by atoms with Crippen LogP contribution in [0.4, 0.5) is 0 Å². The predicted octanol–water partition coefficient (Wildman–Crippen LogP) is 2.55. The summed E-state index contributed by atoms with van der Waals surface area (Å²) in [4.78, 5) is 11.2. The normalized spacial score (nSPS) is 10.0. The maximum absolute atomic E-state index is 11.2. The molecular formula is C13H18O3. The lowest BCUT2D eigenvalue weighted by atomic mass is 10.1. The summed E-state index contributed by atoms with van der Waals surface area (Å²) in [6, 6.07) is 4.07. The molecule has 0 N–H and O–H groups in total. The molecule has 0 saturated carbocycles. The number of carbonyl (C=O) groups excluding carboxylic acids is 1. The molecule has 0 bridgehead atoms. The Morgan fingerprint density at radius 1 is 1.19 bits per heavy atom. The Morgan fingerprint density at radius 3 is 2.25 bits per heavy atom. The van der Waals surface area contributed by atoms with Gasteiger partial charge in [-0.05, 0) is 38.8 Å². The van der Waals surface area contributed by atoms with E-state index in [4.69, 9.17) is 9.47 Å². The second-order valence-electron chi connectivity index (χ2n) is 3.82. The second-order valence-corrected chi connectivity index (χ2v) is 3.82. The lowest BCUT2D eigenvalue weighted by molar-refractivity contribution is -0.145. The molecule has 0 heterocycles. The molecule has 0 saturated heterocycles. The van der Waals surface area contributed by atoms with Crippen LogP contribution in [0.1, 0.15) is 23.6 Å². The number of hydrogen-bond donors (Lipinski definition) is 0. The number of rotatable bonds is 4. The van der Waals surface area contributed by atoms with E-state index in [1.54, 1.807) is 6.92 Å². The first kappa shape index (κ1) is 12.6. The van der Waals surface area contributed by atoms with Gasteiger partial charge in [-0.2, -0.15) is 0 Å². The van der Waals surface area contributed by atoms with E-state index in [-0.39, 0.29) is 12.6 Å². The fraction of sp³-hybridized carbons (Fsp3) is 0.462. The lowest BCUT2D eigenvalue weighted by Gasteiger charge is -2.12. The number of ether oxygens (including phenoxy) is 2. The average Bonchev–Trinajstić information content (AvgIpc) is 2.16. The minimum absolute atomic E-state index is 0.0292. The Labute approximate surface area is 96.4 Å². The Bertz CT molecular complexity index is 360. The van der Waals surface area contributed by atoms with Gasteiger partial charge in [-0.25, -0.2) is 4.79 Å². The van der Waals surface area contributed by atoms with E-state index < -0.39 is 0 Å². The van der Waals surface area contributed by atoms with E-state index in [1.165, 1.54) is 5.56 Å².